The van der Waals surface area contributed by atoms with E-state index >= 15 is 0 Å². The maximum atomic E-state index is 6.30. The molecule has 6 nitrogen and oxygen atoms in total. The average molecular weight is 428 g/mol. The highest BCUT2D eigenvalue weighted by atomic mass is 16.5. The van der Waals surface area contributed by atoms with Gasteiger partial charge in [-0.25, -0.2) is 9.97 Å². The van der Waals surface area contributed by atoms with Crippen molar-refractivity contribution in [3.63, 3.8) is 0 Å². The van der Waals surface area contributed by atoms with Gasteiger partial charge in [0.2, 0.25) is 5.88 Å². The number of aryl methyl sites for hydroxylation is 1. The van der Waals surface area contributed by atoms with Crippen molar-refractivity contribution in [2.75, 3.05) is 19.7 Å². The third-order valence-corrected chi connectivity index (χ3v) is 6.51. The van der Waals surface area contributed by atoms with Crippen LogP contribution in [0.15, 0.2) is 61.2 Å². The summed E-state index contributed by atoms with van der Waals surface area (Å²) >= 11 is 0. The third kappa shape index (κ3) is 4.23. The van der Waals surface area contributed by atoms with Gasteiger partial charge in [-0.05, 0) is 49.6 Å². The second-order valence-corrected chi connectivity index (χ2v) is 8.72. The van der Waals surface area contributed by atoms with E-state index in [4.69, 9.17) is 4.74 Å². The summed E-state index contributed by atoms with van der Waals surface area (Å²) in [6.07, 6.45) is 6.54. The SMILES string of the molecule is Cc1c(C)n(Cc2ccccc2)c2ncnc(OCC3CCN(Cc4cccnc4)C3)c12. The zero-order valence-corrected chi connectivity index (χ0v) is 18.7. The van der Waals surface area contributed by atoms with Gasteiger partial charge in [0, 0.05) is 43.6 Å². The van der Waals surface area contributed by atoms with Crippen molar-refractivity contribution in [2.24, 2.45) is 5.92 Å². The molecule has 4 aromatic rings. The summed E-state index contributed by atoms with van der Waals surface area (Å²) in [7, 11) is 0. The molecule has 1 aliphatic heterocycles. The highest BCUT2D eigenvalue weighted by Crippen LogP contribution is 2.31. The van der Waals surface area contributed by atoms with Crippen molar-refractivity contribution in [1.82, 2.24) is 24.4 Å². The van der Waals surface area contributed by atoms with E-state index in [9.17, 15) is 0 Å². The summed E-state index contributed by atoms with van der Waals surface area (Å²) in [5.41, 5.74) is 5.86. The summed E-state index contributed by atoms with van der Waals surface area (Å²) in [6, 6.07) is 14.6. The second kappa shape index (κ2) is 9.09. The Morgan fingerprint density at radius 1 is 1.00 bits per heavy atom. The molecule has 0 aliphatic carbocycles. The lowest BCUT2D eigenvalue weighted by atomic mass is 10.1. The molecule has 32 heavy (non-hydrogen) atoms. The Balaban J connectivity index is 1.29. The monoisotopic (exact) mass is 427 g/mol. The van der Waals surface area contributed by atoms with E-state index in [-0.39, 0.29) is 0 Å². The second-order valence-electron chi connectivity index (χ2n) is 8.72. The normalized spacial score (nSPS) is 16.6. The van der Waals surface area contributed by atoms with Crippen molar-refractivity contribution in [3.05, 3.63) is 83.6 Å². The first-order valence-electron chi connectivity index (χ1n) is 11.3. The topological polar surface area (TPSA) is 56.1 Å². The zero-order chi connectivity index (χ0) is 21.9. The summed E-state index contributed by atoms with van der Waals surface area (Å²) in [6.45, 7) is 8.83. The van der Waals surface area contributed by atoms with Gasteiger partial charge in [-0.2, -0.15) is 0 Å². The van der Waals surface area contributed by atoms with Gasteiger partial charge in [-0.1, -0.05) is 36.4 Å². The molecule has 1 aliphatic rings. The first kappa shape index (κ1) is 20.6. The fourth-order valence-corrected chi connectivity index (χ4v) is 4.64. The molecule has 0 amide bonds. The fourth-order valence-electron chi connectivity index (χ4n) is 4.64. The van der Waals surface area contributed by atoms with Crippen LogP contribution in [-0.4, -0.2) is 44.1 Å². The van der Waals surface area contributed by atoms with E-state index in [1.807, 2.05) is 24.5 Å². The quantitative estimate of drug-likeness (QED) is 0.438. The van der Waals surface area contributed by atoms with E-state index in [2.05, 4.69) is 68.6 Å². The number of rotatable bonds is 7. The van der Waals surface area contributed by atoms with Crippen LogP contribution >= 0.6 is 0 Å². The first-order chi connectivity index (χ1) is 15.7. The number of benzene rings is 1. The number of hydrogen-bond acceptors (Lipinski definition) is 5. The Labute approximate surface area is 188 Å². The van der Waals surface area contributed by atoms with Gasteiger partial charge >= 0.3 is 0 Å². The lowest BCUT2D eigenvalue weighted by molar-refractivity contribution is 0.234. The molecule has 1 atom stereocenters. The molecule has 3 aromatic heterocycles. The summed E-state index contributed by atoms with van der Waals surface area (Å²) in [5, 5.41) is 1.03. The van der Waals surface area contributed by atoms with E-state index in [0.717, 1.165) is 43.6 Å². The Morgan fingerprint density at radius 2 is 1.84 bits per heavy atom. The van der Waals surface area contributed by atoms with E-state index in [1.165, 1.54) is 22.4 Å². The van der Waals surface area contributed by atoms with Gasteiger partial charge in [0.25, 0.3) is 0 Å². The van der Waals surface area contributed by atoms with E-state index in [0.29, 0.717) is 18.4 Å². The van der Waals surface area contributed by atoms with Crippen LogP contribution in [0.4, 0.5) is 0 Å². The largest absolute Gasteiger partial charge is 0.477 e. The van der Waals surface area contributed by atoms with Crippen LogP contribution in [0.2, 0.25) is 0 Å². The van der Waals surface area contributed by atoms with Gasteiger partial charge in [-0.15, -0.1) is 0 Å². The van der Waals surface area contributed by atoms with Crippen LogP contribution in [0.3, 0.4) is 0 Å². The molecule has 164 valence electrons. The van der Waals surface area contributed by atoms with Crippen LogP contribution in [-0.2, 0) is 13.1 Å². The predicted octanol–water partition coefficient (Wildman–Crippen LogP) is 4.39. The number of fused-ring (bicyclic) bond motifs is 1. The first-order valence-corrected chi connectivity index (χ1v) is 11.3. The summed E-state index contributed by atoms with van der Waals surface area (Å²) < 4.78 is 8.56. The van der Waals surface area contributed by atoms with Crippen molar-refractivity contribution in [1.29, 1.82) is 0 Å². The number of aromatic nitrogens is 4. The molecule has 0 bridgehead atoms. The van der Waals surface area contributed by atoms with Crippen molar-refractivity contribution < 1.29 is 4.74 Å². The molecule has 1 fully saturated rings. The fraction of sp³-hybridized carbons (Fsp3) is 0.346. The summed E-state index contributed by atoms with van der Waals surface area (Å²) in [4.78, 5) is 15.8. The van der Waals surface area contributed by atoms with Crippen LogP contribution in [0.5, 0.6) is 5.88 Å². The molecular formula is C26H29N5O. The highest BCUT2D eigenvalue weighted by Gasteiger charge is 2.24. The molecule has 0 saturated carbocycles. The van der Waals surface area contributed by atoms with Gasteiger partial charge in [-0.3, -0.25) is 9.88 Å². The zero-order valence-electron chi connectivity index (χ0n) is 18.7. The van der Waals surface area contributed by atoms with Crippen LogP contribution in [0.25, 0.3) is 11.0 Å². The molecule has 0 N–H and O–H groups in total. The van der Waals surface area contributed by atoms with E-state index in [1.54, 1.807) is 6.33 Å². The molecule has 4 heterocycles. The van der Waals surface area contributed by atoms with Crippen LogP contribution in [0, 0.1) is 19.8 Å². The van der Waals surface area contributed by atoms with Gasteiger partial charge in [0.15, 0.2) is 0 Å². The molecule has 0 spiro atoms. The number of pyridine rings is 1. The highest BCUT2D eigenvalue weighted by molar-refractivity contribution is 5.86. The molecule has 5 rings (SSSR count). The van der Waals surface area contributed by atoms with Crippen molar-refractivity contribution in [3.8, 4) is 5.88 Å². The standard InChI is InChI=1S/C26H29N5O/c1-19-20(2)31(16-21-7-4-3-5-8-21)25-24(19)26(29-18-28-25)32-17-23-10-12-30(15-23)14-22-9-6-11-27-13-22/h3-9,11,13,18,23H,10,12,14-17H2,1-2H3. The van der Waals surface area contributed by atoms with Gasteiger partial charge < -0.3 is 9.30 Å². The van der Waals surface area contributed by atoms with E-state index < -0.39 is 0 Å². The molecule has 0 radical (unpaired) electrons. The van der Waals surface area contributed by atoms with Crippen LogP contribution < -0.4 is 4.74 Å². The maximum Gasteiger partial charge on any atom is 0.226 e. The molecule has 1 aromatic carbocycles. The maximum absolute atomic E-state index is 6.30. The predicted molar refractivity (Wildman–Crippen MR) is 126 cm³/mol. The number of nitrogens with zero attached hydrogens (tertiary/aromatic N) is 5. The van der Waals surface area contributed by atoms with Crippen LogP contribution in [0.1, 0.15) is 28.8 Å². The Kier molecular flexibility index (Phi) is 5.86. The van der Waals surface area contributed by atoms with Crippen molar-refractivity contribution in [2.45, 2.75) is 33.4 Å². The smallest absolute Gasteiger partial charge is 0.226 e. The minimum Gasteiger partial charge on any atom is -0.477 e. The third-order valence-electron chi connectivity index (χ3n) is 6.51. The Hall–Kier alpha value is -3.25. The van der Waals surface area contributed by atoms with Gasteiger partial charge in [0.1, 0.15) is 12.0 Å². The number of hydrogen-bond donors (Lipinski definition) is 0. The number of likely N-dealkylation sites (tertiary alicyclic amines) is 1. The molecule has 1 unspecified atom stereocenters. The summed E-state index contributed by atoms with van der Waals surface area (Å²) in [5.74, 6) is 1.21. The minimum atomic E-state index is 0.504. The Morgan fingerprint density at radius 3 is 2.66 bits per heavy atom. The lowest BCUT2D eigenvalue weighted by Gasteiger charge is -2.16. The minimum absolute atomic E-state index is 0.504. The average Bonchev–Trinajstić information content (AvgIpc) is 3.37. The van der Waals surface area contributed by atoms with Crippen molar-refractivity contribution >= 4 is 11.0 Å². The van der Waals surface area contributed by atoms with Gasteiger partial charge in [0.05, 0.1) is 12.0 Å². The molecular weight excluding hydrogens is 398 g/mol. The number of ether oxygens (including phenoxy) is 1. The Bertz CT molecular complexity index is 1190. The molecule has 1 saturated heterocycles. The molecule has 6 heteroatoms. The lowest BCUT2D eigenvalue weighted by Crippen LogP contribution is -2.22.